The monoisotopic (exact) mass is 417 g/mol. The first-order chi connectivity index (χ1) is 14.8. The molecule has 7 heteroatoms. The van der Waals surface area contributed by atoms with Crippen LogP contribution in [0.3, 0.4) is 0 Å². The molecule has 0 atom stereocenters. The number of nitrogens with zero attached hydrogens (tertiary/aromatic N) is 5. The van der Waals surface area contributed by atoms with E-state index in [2.05, 4.69) is 19.8 Å². The summed E-state index contributed by atoms with van der Waals surface area (Å²) in [7, 11) is 1.63. The first-order valence-electron chi connectivity index (χ1n) is 11.8. The topological polar surface area (TPSA) is 61.8 Å². The van der Waals surface area contributed by atoms with Crippen LogP contribution in [-0.4, -0.2) is 78.2 Å². The average Bonchev–Trinajstić information content (AvgIpc) is 2.83. The standard InChI is InChI=1S/C21H33N5O2.C2H6/c1-28-14-8-20(27)26-9-7-18-19(15-26)22-16-23-21(18)25-12-10-24(11-13-25)17-5-3-2-4-6-17;1-2/h16-17H,2-15H2,1H3;1-2H3. The minimum Gasteiger partial charge on any atom is -0.384 e. The van der Waals surface area contributed by atoms with Crippen LogP contribution in [0.2, 0.25) is 0 Å². The number of aromatic nitrogens is 2. The zero-order chi connectivity index (χ0) is 21.3. The summed E-state index contributed by atoms with van der Waals surface area (Å²) < 4.78 is 5.04. The normalized spacial score (nSPS) is 20.4. The molecule has 7 nitrogen and oxygen atoms in total. The van der Waals surface area contributed by atoms with Gasteiger partial charge < -0.3 is 14.5 Å². The molecule has 0 unspecified atom stereocenters. The van der Waals surface area contributed by atoms with Crippen molar-refractivity contribution in [2.75, 3.05) is 51.3 Å². The van der Waals surface area contributed by atoms with Crippen LogP contribution in [0.4, 0.5) is 5.82 Å². The molecular formula is C23H39N5O2. The zero-order valence-corrected chi connectivity index (χ0v) is 19.1. The third-order valence-corrected chi connectivity index (χ3v) is 6.56. The molecule has 1 aromatic heterocycles. The summed E-state index contributed by atoms with van der Waals surface area (Å²) in [6, 6.07) is 0.793. The van der Waals surface area contributed by atoms with Gasteiger partial charge in [0.05, 0.1) is 25.3 Å². The lowest BCUT2D eigenvalue weighted by atomic mass is 9.94. The first-order valence-corrected chi connectivity index (χ1v) is 11.8. The Hall–Kier alpha value is -1.73. The van der Waals surface area contributed by atoms with E-state index in [1.54, 1.807) is 13.4 Å². The van der Waals surface area contributed by atoms with Crippen molar-refractivity contribution in [1.82, 2.24) is 19.8 Å². The Morgan fingerprint density at radius 1 is 1.07 bits per heavy atom. The Morgan fingerprint density at radius 2 is 1.80 bits per heavy atom. The quantitative estimate of drug-likeness (QED) is 0.734. The predicted molar refractivity (Wildman–Crippen MR) is 120 cm³/mol. The number of fused-ring (bicyclic) bond motifs is 1. The second kappa shape index (κ2) is 11.6. The van der Waals surface area contributed by atoms with E-state index in [4.69, 9.17) is 4.74 Å². The molecule has 3 aliphatic rings. The van der Waals surface area contributed by atoms with E-state index < -0.39 is 0 Å². The van der Waals surface area contributed by atoms with Crippen LogP contribution in [0.25, 0.3) is 0 Å². The fraction of sp³-hybridized carbons (Fsp3) is 0.783. The number of rotatable bonds is 5. The second-order valence-electron chi connectivity index (χ2n) is 8.25. The van der Waals surface area contributed by atoms with Gasteiger partial charge in [-0.1, -0.05) is 33.1 Å². The number of hydrogen-bond donors (Lipinski definition) is 0. The average molecular weight is 418 g/mol. The van der Waals surface area contributed by atoms with Crippen LogP contribution in [0.15, 0.2) is 6.33 Å². The van der Waals surface area contributed by atoms with Crippen molar-refractivity contribution < 1.29 is 9.53 Å². The van der Waals surface area contributed by atoms with E-state index in [0.29, 0.717) is 19.6 Å². The fourth-order valence-corrected chi connectivity index (χ4v) is 4.92. The number of piperazine rings is 1. The Bertz CT molecular complexity index is 670. The molecule has 2 fully saturated rings. The van der Waals surface area contributed by atoms with Crippen molar-refractivity contribution >= 4 is 11.7 Å². The smallest absolute Gasteiger partial charge is 0.225 e. The van der Waals surface area contributed by atoms with Crippen LogP contribution in [-0.2, 0) is 22.5 Å². The number of anilines is 1. The fourth-order valence-electron chi connectivity index (χ4n) is 4.92. The highest BCUT2D eigenvalue weighted by molar-refractivity contribution is 5.76. The maximum Gasteiger partial charge on any atom is 0.225 e. The highest BCUT2D eigenvalue weighted by Gasteiger charge is 2.29. The molecule has 1 saturated carbocycles. The van der Waals surface area contributed by atoms with Crippen molar-refractivity contribution in [3.05, 3.63) is 17.6 Å². The van der Waals surface area contributed by atoms with Crippen molar-refractivity contribution in [2.45, 2.75) is 71.4 Å². The second-order valence-corrected chi connectivity index (χ2v) is 8.25. The lowest BCUT2D eigenvalue weighted by Gasteiger charge is -2.42. The van der Waals surface area contributed by atoms with Gasteiger partial charge in [-0.25, -0.2) is 9.97 Å². The van der Waals surface area contributed by atoms with Crippen molar-refractivity contribution in [2.24, 2.45) is 0 Å². The molecule has 1 saturated heterocycles. The van der Waals surface area contributed by atoms with Gasteiger partial charge in [0.2, 0.25) is 5.91 Å². The summed E-state index contributed by atoms with van der Waals surface area (Å²) in [6.45, 7) is 10.2. The van der Waals surface area contributed by atoms with E-state index in [0.717, 1.165) is 56.7 Å². The Kier molecular flexibility index (Phi) is 8.88. The Labute approximate surface area is 181 Å². The molecule has 2 aliphatic heterocycles. The maximum absolute atomic E-state index is 12.3. The van der Waals surface area contributed by atoms with E-state index in [-0.39, 0.29) is 5.91 Å². The molecular weight excluding hydrogens is 378 g/mol. The molecule has 4 rings (SSSR count). The lowest BCUT2D eigenvalue weighted by Crippen LogP contribution is -2.51. The summed E-state index contributed by atoms with van der Waals surface area (Å²) >= 11 is 0. The number of hydrogen-bond acceptors (Lipinski definition) is 6. The zero-order valence-electron chi connectivity index (χ0n) is 19.1. The van der Waals surface area contributed by atoms with Gasteiger partial charge >= 0.3 is 0 Å². The molecule has 0 N–H and O–H groups in total. The van der Waals surface area contributed by atoms with Crippen LogP contribution in [0.1, 0.15) is 63.6 Å². The van der Waals surface area contributed by atoms with E-state index in [1.807, 2.05) is 18.7 Å². The predicted octanol–water partition coefficient (Wildman–Crippen LogP) is 2.88. The third kappa shape index (κ3) is 5.49. The Morgan fingerprint density at radius 3 is 2.50 bits per heavy atom. The van der Waals surface area contributed by atoms with E-state index >= 15 is 0 Å². The van der Waals surface area contributed by atoms with Gasteiger partial charge in [0.25, 0.3) is 0 Å². The minimum absolute atomic E-state index is 0.147. The molecule has 0 radical (unpaired) electrons. The molecule has 3 heterocycles. The van der Waals surface area contributed by atoms with Gasteiger partial charge in [-0.05, 0) is 19.3 Å². The SMILES string of the molecule is CC.COCCC(=O)N1CCc2c(ncnc2N2CCN(C3CCCCC3)CC2)C1. The molecule has 30 heavy (non-hydrogen) atoms. The highest BCUT2D eigenvalue weighted by atomic mass is 16.5. The number of methoxy groups -OCH3 is 1. The molecule has 1 aromatic rings. The highest BCUT2D eigenvalue weighted by Crippen LogP contribution is 2.28. The van der Waals surface area contributed by atoms with Crippen molar-refractivity contribution in [3.8, 4) is 0 Å². The molecule has 1 amide bonds. The van der Waals surface area contributed by atoms with Crippen molar-refractivity contribution in [3.63, 3.8) is 0 Å². The van der Waals surface area contributed by atoms with Gasteiger partial charge in [-0.15, -0.1) is 0 Å². The van der Waals surface area contributed by atoms with Gasteiger partial charge in [0, 0.05) is 51.4 Å². The van der Waals surface area contributed by atoms with E-state index in [1.165, 1.54) is 37.7 Å². The lowest BCUT2D eigenvalue weighted by molar-refractivity contribution is -0.133. The number of carbonyl (C=O) groups is 1. The Balaban J connectivity index is 0.00000124. The summed E-state index contributed by atoms with van der Waals surface area (Å²) in [6.07, 6.45) is 9.89. The maximum atomic E-state index is 12.3. The van der Waals surface area contributed by atoms with Gasteiger partial charge in [0.15, 0.2) is 0 Å². The summed E-state index contributed by atoms with van der Waals surface area (Å²) in [5.41, 5.74) is 2.25. The molecule has 168 valence electrons. The summed E-state index contributed by atoms with van der Waals surface area (Å²) in [4.78, 5) is 28.5. The minimum atomic E-state index is 0.147. The molecule has 0 aromatic carbocycles. The van der Waals surface area contributed by atoms with Crippen LogP contribution >= 0.6 is 0 Å². The van der Waals surface area contributed by atoms with Crippen LogP contribution in [0, 0.1) is 0 Å². The van der Waals surface area contributed by atoms with Gasteiger partial charge in [0.1, 0.15) is 12.1 Å². The number of carbonyl (C=O) groups excluding carboxylic acids is 1. The van der Waals surface area contributed by atoms with Gasteiger partial charge in [-0.2, -0.15) is 0 Å². The number of ether oxygens (including phenoxy) is 1. The van der Waals surface area contributed by atoms with Crippen molar-refractivity contribution in [1.29, 1.82) is 0 Å². The van der Waals surface area contributed by atoms with Crippen LogP contribution in [0.5, 0.6) is 0 Å². The molecule has 1 aliphatic carbocycles. The largest absolute Gasteiger partial charge is 0.384 e. The van der Waals surface area contributed by atoms with Crippen LogP contribution < -0.4 is 4.90 Å². The summed E-state index contributed by atoms with van der Waals surface area (Å²) in [5, 5.41) is 0. The summed E-state index contributed by atoms with van der Waals surface area (Å²) in [5.74, 6) is 1.24. The first kappa shape index (κ1) is 22.9. The van der Waals surface area contributed by atoms with Gasteiger partial charge in [-0.3, -0.25) is 9.69 Å². The molecule has 0 bridgehead atoms. The van der Waals surface area contributed by atoms with E-state index in [9.17, 15) is 4.79 Å². The number of amides is 1. The molecule has 0 spiro atoms. The third-order valence-electron chi connectivity index (χ3n) is 6.56.